The summed E-state index contributed by atoms with van der Waals surface area (Å²) in [7, 11) is -2.04. The Hall–Kier alpha value is -0.413. The molecule has 0 aromatic heterocycles. The Morgan fingerprint density at radius 3 is 1.61 bits per heavy atom. The quantitative estimate of drug-likeness (QED) is 0.512. The lowest BCUT2D eigenvalue weighted by Crippen LogP contribution is -2.23. The van der Waals surface area contributed by atoms with Crippen molar-refractivity contribution >= 4 is 18.9 Å². The standard InChI is InChI=1S/C20H36OSSi/c1-14(2)17-12-18(15(3)4)20(19(13-17)16(5)6)22(21)10-11-23(7,8)9/h12-16H,10-11H2,1-9H3/t22-/m0/s1. The van der Waals surface area contributed by atoms with Crippen LogP contribution in [0, 0.1) is 0 Å². The fraction of sp³-hybridized carbons (Fsp3) is 0.700. The van der Waals surface area contributed by atoms with E-state index in [-0.39, 0.29) is 0 Å². The van der Waals surface area contributed by atoms with Gasteiger partial charge in [0.05, 0.1) is 10.8 Å². The number of hydrogen-bond donors (Lipinski definition) is 0. The van der Waals surface area contributed by atoms with Crippen molar-refractivity contribution in [1.82, 2.24) is 0 Å². The Balaban J connectivity index is 3.40. The summed E-state index contributed by atoms with van der Waals surface area (Å²) in [6.07, 6.45) is 0. The van der Waals surface area contributed by atoms with Crippen LogP contribution in [-0.2, 0) is 10.8 Å². The van der Waals surface area contributed by atoms with E-state index in [4.69, 9.17) is 0 Å². The van der Waals surface area contributed by atoms with Crippen LogP contribution in [0.4, 0.5) is 0 Å². The van der Waals surface area contributed by atoms with Gasteiger partial charge in [0, 0.05) is 18.7 Å². The minimum Gasteiger partial charge on any atom is -0.254 e. The maximum atomic E-state index is 13.2. The molecule has 0 aliphatic heterocycles. The zero-order valence-electron chi connectivity index (χ0n) is 16.6. The summed E-state index contributed by atoms with van der Waals surface area (Å²) < 4.78 is 13.2. The lowest BCUT2D eigenvalue weighted by atomic mass is 9.89. The van der Waals surface area contributed by atoms with E-state index in [2.05, 4.69) is 73.3 Å². The van der Waals surface area contributed by atoms with Crippen LogP contribution in [0.5, 0.6) is 0 Å². The van der Waals surface area contributed by atoms with Crippen molar-refractivity contribution in [3.8, 4) is 0 Å². The lowest BCUT2D eigenvalue weighted by Gasteiger charge is -2.23. The first kappa shape index (κ1) is 20.6. The summed E-state index contributed by atoms with van der Waals surface area (Å²) in [5.74, 6) is 2.15. The van der Waals surface area contributed by atoms with E-state index in [1.54, 1.807) is 0 Å². The molecule has 0 unspecified atom stereocenters. The third kappa shape index (κ3) is 5.86. The van der Waals surface area contributed by atoms with Crippen molar-refractivity contribution in [2.45, 2.75) is 89.9 Å². The van der Waals surface area contributed by atoms with Gasteiger partial charge in [-0.15, -0.1) is 0 Å². The fourth-order valence-electron chi connectivity index (χ4n) is 2.65. The van der Waals surface area contributed by atoms with Crippen molar-refractivity contribution in [3.05, 3.63) is 28.8 Å². The van der Waals surface area contributed by atoms with Crippen LogP contribution in [0.1, 0.15) is 76.0 Å². The summed E-state index contributed by atoms with van der Waals surface area (Å²) in [6.45, 7) is 20.5. The molecule has 0 radical (unpaired) electrons. The fourth-order valence-corrected chi connectivity index (χ4v) is 7.16. The number of hydrogen-bond acceptors (Lipinski definition) is 1. The van der Waals surface area contributed by atoms with E-state index < -0.39 is 18.9 Å². The highest BCUT2D eigenvalue weighted by Gasteiger charge is 2.23. The van der Waals surface area contributed by atoms with Crippen molar-refractivity contribution in [3.63, 3.8) is 0 Å². The smallest absolute Gasteiger partial charge is 0.0532 e. The molecule has 3 heteroatoms. The number of rotatable bonds is 7. The van der Waals surface area contributed by atoms with Gasteiger partial charge in [-0.3, -0.25) is 4.21 Å². The molecule has 0 amide bonds. The molecule has 1 aromatic carbocycles. The van der Waals surface area contributed by atoms with Crippen molar-refractivity contribution in [2.75, 3.05) is 5.75 Å². The van der Waals surface area contributed by atoms with Gasteiger partial charge in [0.15, 0.2) is 0 Å². The largest absolute Gasteiger partial charge is 0.254 e. The van der Waals surface area contributed by atoms with Gasteiger partial charge in [-0.2, -0.15) is 0 Å². The van der Waals surface area contributed by atoms with Crippen LogP contribution < -0.4 is 0 Å². The van der Waals surface area contributed by atoms with Gasteiger partial charge >= 0.3 is 0 Å². The van der Waals surface area contributed by atoms with Gasteiger partial charge in [0.1, 0.15) is 0 Å². The first-order valence-corrected chi connectivity index (χ1v) is 14.0. The Morgan fingerprint density at radius 1 is 0.870 bits per heavy atom. The van der Waals surface area contributed by atoms with E-state index in [1.807, 2.05) is 0 Å². The molecular formula is C20H36OSSi. The first-order valence-electron chi connectivity index (χ1n) is 9.00. The molecule has 0 saturated heterocycles. The zero-order valence-corrected chi connectivity index (χ0v) is 18.4. The number of benzene rings is 1. The predicted octanol–water partition coefficient (Wildman–Crippen LogP) is 6.50. The highest BCUT2D eigenvalue weighted by Crippen LogP contribution is 2.34. The van der Waals surface area contributed by atoms with Gasteiger partial charge in [0.2, 0.25) is 0 Å². The Bertz CT molecular complexity index is 524. The van der Waals surface area contributed by atoms with Crippen LogP contribution in [0.2, 0.25) is 25.7 Å². The Morgan fingerprint density at radius 2 is 1.30 bits per heavy atom. The highest BCUT2D eigenvalue weighted by atomic mass is 32.2. The van der Waals surface area contributed by atoms with Crippen LogP contribution in [-0.4, -0.2) is 18.0 Å². The molecule has 0 heterocycles. The highest BCUT2D eigenvalue weighted by molar-refractivity contribution is 7.85. The van der Waals surface area contributed by atoms with Crippen molar-refractivity contribution in [1.29, 1.82) is 0 Å². The van der Waals surface area contributed by atoms with Crippen LogP contribution in [0.25, 0.3) is 0 Å². The molecule has 1 rings (SSSR count). The maximum absolute atomic E-state index is 13.2. The molecule has 23 heavy (non-hydrogen) atoms. The first-order chi connectivity index (χ1) is 10.4. The normalized spacial score (nSPS) is 14.1. The van der Waals surface area contributed by atoms with E-state index in [1.165, 1.54) is 16.7 Å². The van der Waals surface area contributed by atoms with Gasteiger partial charge in [0.25, 0.3) is 0 Å². The average Bonchev–Trinajstić information content (AvgIpc) is 2.42. The van der Waals surface area contributed by atoms with Crippen LogP contribution >= 0.6 is 0 Å². The van der Waals surface area contributed by atoms with E-state index in [0.29, 0.717) is 17.8 Å². The monoisotopic (exact) mass is 352 g/mol. The Kier molecular flexibility index (Phi) is 7.27. The van der Waals surface area contributed by atoms with E-state index in [9.17, 15) is 4.21 Å². The van der Waals surface area contributed by atoms with Gasteiger partial charge in [-0.25, -0.2) is 0 Å². The summed E-state index contributed by atoms with van der Waals surface area (Å²) in [4.78, 5) is 1.14. The second-order valence-corrected chi connectivity index (χ2v) is 16.0. The molecule has 0 saturated carbocycles. The summed E-state index contributed by atoms with van der Waals surface area (Å²) in [5.41, 5.74) is 3.98. The van der Waals surface area contributed by atoms with Gasteiger partial charge in [-0.05, 0) is 40.5 Å². The van der Waals surface area contributed by atoms with Crippen molar-refractivity contribution in [2.24, 2.45) is 0 Å². The minimum absolute atomic E-state index is 0.414. The van der Waals surface area contributed by atoms with Crippen LogP contribution in [0.15, 0.2) is 17.0 Å². The maximum Gasteiger partial charge on any atom is 0.0532 e. The molecule has 132 valence electrons. The average molecular weight is 353 g/mol. The Labute approximate surface area is 147 Å². The predicted molar refractivity (Wildman–Crippen MR) is 108 cm³/mol. The molecule has 1 aromatic rings. The molecule has 0 spiro atoms. The second-order valence-electron chi connectivity index (χ2n) is 8.85. The molecule has 1 atom stereocenters. The summed E-state index contributed by atoms with van der Waals surface area (Å²) >= 11 is 0. The SMILES string of the molecule is CC(C)c1cc(C(C)C)c([S@@](=O)CC[Si](C)(C)C)c(C(C)C)c1. The molecule has 0 aliphatic rings. The molecule has 0 fully saturated rings. The third-order valence-electron chi connectivity index (χ3n) is 4.34. The summed E-state index contributed by atoms with van der Waals surface area (Å²) in [5, 5.41) is 0. The molecule has 0 aliphatic carbocycles. The lowest BCUT2D eigenvalue weighted by molar-refractivity contribution is 0.676. The van der Waals surface area contributed by atoms with Gasteiger partial charge < -0.3 is 0 Å². The van der Waals surface area contributed by atoms with E-state index >= 15 is 0 Å². The third-order valence-corrected chi connectivity index (χ3v) is 7.96. The molecular weight excluding hydrogens is 316 g/mol. The van der Waals surface area contributed by atoms with Gasteiger partial charge in [-0.1, -0.05) is 73.3 Å². The van der Waals surface area contributed by atoms with Crippen molar-refractivity contribution < 1.29 is 4.21 Å². The van der Waals surface area contributed by atoms with Crippen LogP contribution in [0.3, 0.4) is 0 Å². The second kappa shape index (κ2) is 8.11. The van der Waals surface area contributed by atoms with E-state index in [0.717, 1.165) is 16.7 Å². The summed E-state index contributed by atoms with van der Waals surface area (Å²) in [6, 6.07) is 5.74. The topological polar surface area (TPSA) is 17.1 Å². The molecule has 1 nitrogen and oxygen atoms in total. The molecule has 0 N–H and O–H groups in total. The zero-order chi connectivity index (χ0) is 17.9. The minimum atomic E-state index is -1.16. The molecule has 0 bridgehead atoms.